The molecule has 27 heavy (non-hydrogen) atoms. The number of aliphatic hydroxyl groups excluding tert-OH is 1. The highest BCUT2D eigenvalue weighted by Crippen LogP contribution is 2.44. The van der Waals surface area contributed by atoms with Crippen molar-refractivity contribution in [2.45, 2.75) is 51.4 Å². The number of nitrogens with zero attached hydrogens (tertiary/aromatic N) is 1. The minimum absolute atomic E-state index is 0.0400. The maximum Gasteiger partial charge on any atom is 0.296 e. The molecule has 0 radical (unpaired) electrons. The second kappa shape index (κ2) is 8.10. The summed E-state index contributed by atoms with van der Waals surface area (Å²) < 4.78 is 5.74. The van der Waals surface area contributed by atoms with Gasteiger partial charge in [-0.15, -0.1) is 11.6 Å². The molecule has 1 aromatic carbocycles. The normalized spacial score (nSPS) is 20.2. The van der Waals surface area contributed by atoms with E-state index in [0.29, 0.717) is 17.9 Å². The third-order valence-corrected chi connectivity index (χ3v) is 4.49. The van der Waals surface area contributed by atoms with Crippen molar-refractivity contribution in [3.63, 3.8) is 0 Å². The van der Waals surface area contributed by atoms with Crippen LogP contribution in [0.1, 0.15) is 45.2 Å². The highest BCUT2D eigenvalue weighted by atomic mass is 35.5. The maximum absolute atomic E-state index is 12.2. The van der Waals surface area contributed by atoms with Crippen molar-refractivity contribution in [1.29, 1.82) is 0 Å². The number of amides is 2. The zero-order chi connectivity index (χ0) is 20.4. The average Bonchev–Trinajstić information content (AvgIpc) is 2.56. The number of nitro groups is 1. The molecule has 1 heterocycles. The zero-order valence-corrected chi connectivity index (χ0v) is 16.0. The molecule has 1 aromatic rings. The van der Waals surface area contributed by atoms with Gasteiger partial charge in [0.25, 0.3) is 5.69 Å². The third kappa shape index (κ3) is 4.67. The Hall–Kier alpha value is -2.39. The van der Waals surface area contributed by atoms with Gasteiger partial charge in [0.1, 0.15) is 23.1 Å². The average molecular weight is 400 g/mol. The molecule has 0 aromatic heterocycles. The molecule has 3 N–H and O–H groups in total. The van der Waals surface area contributed by atoms with E-state index in [1.807, 2.05) is 0 Å². The number of nitro benzene ring substituents is 1. The van der Waals surface area contributed by atoms with Crippen LogP contribution in [-0.2, 0) is 9.59 Å². The Morgan fingerprint density at radius 3 is 2.63 bits per heavy atom. The molecular formula is C17H22ClN3O6. The van der Waals surface area contributed by atoms with Gasteiger partial charge in [0.15, 0.2) is 0 Å². The molecule has 1 aliphatic heterocycles. The van der Waals surface area contributed by atoms with E-state index in [0.717, 1.165) is 0 Å². The molecule has 148 valence electrons. The van der Waals surface area contributed by atoms with Gasteiger partial charge in [0, 0.05) is 24.8 Å². The second-order valence-electron chi connectivity index (χ2n) is 6.83. The fraction of sp³-hybridized carbons (Fsp3) is 0.529. The summed E-state index contributed by atoms with van der Waals surface area (Å²) in [4.78, 5) is 34.3. The fourth-order valence-electron chi connectivity index (χ4n) is 2.90. The Balaban J connectivity index is 2.51. The van der Waals surface area contributed by atoms with E-state index in [-0.39, 0.29) is 29.5 Å². The zero-order valence-electron chi connectivity index (χ0n) is 15.2. The molecule has 1 aliphatic rings. The summed E-state index contributed by atoms with van der Waals surface area (Å²) in [6.07, 6.45) is -0.466. The van der Waals surface area contributed by atoms with Crippen LogP contribution < -0.4 is 15.4 Å². The Morgan fingerprint density at radius 1 is 1.41 bits per heavy atom. The van der Waals surface area contributed by atoms with Gasteiger partial charge >= 0.3 is 0 Å². The predicted octanol–water partition coefficient (Wildman–Crippen LogP) is 2.26. The second-order valence-corrected chi connectivity index (χ2v) is 7.21. The number of ether oxygens (including phenoxy) is 1. The van der Waals surface area contributed by atoms with Crippen LogP contribution in [-0.4, -0.2) is 39.4 Å². The molecule has 0 bridgehead atoms. The van der Waals surface area contributed by atoms with Gasteiger partial charge in [-0.3, -0.25) is 19.7 Å². The lowest BCUT2D eigenvalue weighted by atomic mass is 9.86. The standard InChI is InChI=1S/C17H22ClN3O6/c1-9(22)19-11-7-10-13(8-12(11)21(25)26)27-17(2,3)16(24)15(10)20-14(23)5-4-6-18/h7-8,15-16,24H,4-6H2,1-3H3,(H,19,22)(H,20,23)/t15-,16+/m1/s1. The number of hydrogen-bond donors (Lipinski definition) is 3. The van der Waals surface area contributed by atoms with Crippen molar-refractivity contribution >= 4 is 34.8 Å². The van der Waals surface area contributed by atoms with E-state index < -0.39 is 28.6 Å². The quantitative estimate of drug-likeness (QED) is 0.382. The van der Waals surface area contributed by atoms with Crippen LogP contribution in [0.3, 0.4) is 0 Å². The lowest BCUT2D eigenvalue weighted by Crippen LogP contribution is -2.53. The van der Waals surface area contributed by atoms with Gasteiger partial charge in [-0.2, -0.15) is 0 Å². The molecule has 0 spiro atoms. The van der Waals surface area contributed by atoms with E-state index in [4.69, 9.17) is 16.3 Å². The number of nitrogens with one attached hydrogen (secondary N) is 2. The first-order valence-electron chi connectivity index (χ1n) is 8.39. The van der Waals surface area contributed by atoms with Gasteiger partial charge in [0.2, 0.25) is 11.8 Å². The number of aliphatic hydroxyl groups is 1. The Kier molecular flexibility index (Phi) is 6.27. The van der Waals surface area contributed by atoms with Crippen molar-refractivity contribution in [3.05, 3.63) is 27.8 Å². The summed E-state index contributed by atoms with van der Waals surface area (Å²) in [5.41, 5.74) is -1.14. The van der Waals surface area contributed by atoms with Crippen molar-refractivity contribution in [2.24, 2.45) is 0 Å². The van der Waals surface area contributed by atoms with Gasteiger partial charge in [-0.25, -0.2) is 0 Å². The molecule has 9 nitrogen and oxygen atoms in total. The summed E-state index contributed by atoms with van der Waals surface area (Å²) in [6, 6.07) is 1.67. The highest BCUT2D eigenvalue weighted by Gasteiger charge is 2.44. The monoisotopic (exact) mass is 399 g/mol. The number of halogens is 1. The highest BCUT2D eigenvalue weighted by molar-refractivity contribution is 6.17. The summed E-state index contributed by atoms with van der Waals surface area (Å²) in [6.45, 7) is 4.46. The summed E-state index contributed by atoms with van der Waals surface area (Å²) in [5.74, 6) is -0.320. The van der Waals surface area contributed by atoms with Crippen LogP contribution in [0, 0.1) is 10.1 Å². The first-order chi connectivity index (χ1) is 12.6. The number of benzene rings is 1. The Labute approximate surface area is 161 Å². The Morgan fingerprint density at radius 2 is 2.07 bits per heavy atom. The SMILES string of the molecule is CC(=O)Nc1cc2c(cc1[N+](=O)[O-])OC(C)(C)[C@@H](O)[C@@H]2NC(=O)CCCCl. The number of hydrogen-bond acceptors (Lipinski definition) is 6. The number of rotatable bonds is 6. The predicted molar refractivity (Wildman–Crippen MR) is 99.0 cm³/mol. The molecule has 10 heteroatoms. The molecule has 0 fully saturated rings. The van der Waals surface area contributed by atoms with Gasteiger partial charge in [0.05, 0.1) is 17.0 Å². The van der Waals surface area contributed by atoms with Crippen molar-refractivity contribution in [1.82, 2.24) is 5.32 Å². The first kappa shape index (κ1) is 20.9. The van der Waals surface area contributed by atoms with E-state index in [2.05, 4.69) is 10.6 Å². The van der Waals surface area contributed by atoms with Crippen LogP contribution >= 0.6 is 11.6 Å². The van der Waals surface area contributed by atoms with Crippen molar-refractivity contribution in [3.8, 4) is 5.75 Å². The van der Waals surface area contributed by atoms with Crippen LogP contribution in [0.2, 0.25) is 0 Å². The van der Waals surface area contributed by atoms with Gasteiger partial charge in [-0.05, 0) is 26.3 Å². The summed E-state index contributed by atoms with van der Waals surface area (Å²) >= 11 is 5.61. The molecular weight excluding hydrogens is 378 g/mol. The molecule has 0 saturated carbocycles. The molecule has 0 aliphatic carbocycles. The number of anilines is 1. The van der Waals surface area contributed by atoms with Crippen LogP contribution in [0.4, 0.5) is 11.4 Å². The molecule has 2 atom stereocenters. The molecule has 2 amide bonds. The number of alkyl halides is 1. The van der Waals surface area contributed by atoms with Crippen LogP contribution in [0.25, 0.3) is 0 Å². The topological polar surface area (TPSA) is 131 Å². The maximum atomic E-state index is 12.2. The summed E-state index contributed by atoms with van der Waals surface area (Å²) in [5, 5.41) is 27.2. The number of fused-ring (bicyclic) bond motifs is 1. The minimum atomic E-state index is -1.11. The first-order valence-corrected chi connectivity index (χ1v) is 8.92. The van der Waals surface area contributed by atoms with E-state index in [9.17, 15) is 24.8 Å². The van der Waals surface area contributed by atoms with Crippen LogP contribution in [0.15, 0.2) is 12.1 Å². The number of carbonyl (C=O) groups is 2. The minimum Gasteiger partial charge on any atom is -0.484 e. The van der Waals surface area contributed by atoms with Gasteiger partial charge < -0.3 is 20.5 Å². The third-order valence-electron chi connectivity index (χ3n) is 4.23. The van der Waals surface area contributed by atoms with E-state index >= 15 is 0 Å². The van der Waals surface area contributed by atoms with Crippen molar-refractivity contribution in [2.75, 3.05) is 11.2 Å². The number of carbonyl (C=O) groups excluding carboxylic acids is 2. The molecule has 2 rings (SSSR count). The largest absolute Gasteiger partial charge is 0.484 e. The van der Waals surface area contributed by atoms with Crippen molar-refractivity contribution < 1.29 is 24.4 Å². The lowest BCUT2D eigenvalue weighted by Gasteiger charge is -2.42. The Bertz CT molecular complexity index is 767. The summed E-state index contributed by atoms with van der Waals surface area (Å²) in [7, 11) is 0. The van der Waals surface area contributed by atoms with E-state index in [1.54, 1.807) is 13.8 Å². The molecule has 0 unspecified atom stereocenters. The van der Waals surface area contributed by atoms with E-state index in [1.165, 1.54) is 19.1 Å². The smallest absolute Gasteiger partial charge is 0.296 e. The molecule has 0 saturated heterocycles. The lowest BCUT2D eigenvalue weighted by molar-refractivity contribution is -0.384. The fourth-order valence-corrected chi connectivity index (χ4v) is 3.04. The van der Waals surface area contributed by atoms with Gasteiger partial charge in [-0.1, -0.05) is 0 Å². The van der Waals surface area contributed by atoms with Crippen LogP contribution in [0.5, 0.6) is 5.75 Å².